The molecule has 0 amide bonds. The van der Waals surface area contributed by atoms with Crippen LogP contribution in [0.5, 0.6) is 5.75 Å². The van der Waals surface area contributed by atoms with E-state index in [4.69, 9.17) is 9.15 Å². The van der Waals surface area contributed by atoms with E-state index in [-0.39, 0.29) is 18.1 Å². The van der Waals surface area contributed by atoms with Crippen LogP contribution in [0.1, 0.15) is 17.0 Å². The first kappa shape index (κ1) is 15.4. The lowest BCUT2D eigenvalue weighted by molar-refractivity contribution is 0.0567. The van der Waals surface area contributed by atoms with Crippen LogP contribution < -0.4 is 4.74 Å². The predicted molar refractivity (Wildman–Crippen MR) is 77.4 cm³/mol. The van der Waals surface area contributed by atoms with Gasteiger partial charge in [-0.2, -0.15) is 0 Å². The Bertz CT molecular complexity index is 744. The Balaban J connectivity index is 2.13. The third-order valence-electron chi connectivity index (χ3n) is 2.83. The first-order valence-electron chi connectivity index (χ1n) is 6.32. The number of hydrogen-bond donors (Lipinski definition) is 0. The van der Waals surface area contributed by atoms with Crippen molar-refractivity contribution >= 4 is 26.8 Å². The van der Waals surface area contributed by atoms with E-state index in [1.807, 2.05) is 0 Å². The molecule has 0 aliphatic rings. The largest absolute Gasteiger partial charge is 0.493 e. The molecule has 1 heterocycles. The number of benzene rings is 1. The highest BCUT2D eigenvalue weighted by atomic mass is 32.2. The zero-order chi connectivity index (χ0) is 15.5. The Morgan fingerprint density at radius 1 is 1.33 bits per heavy atom. The van der Waals surface area contributed by atoms with Gasteiger partial charge in [0.1, 0.15) is 21.2 Å². The highest BCUT2D eigenvalue weighted by molar-refractivity contribution is 7.90. The van der Waals surface area contributed by atoms with Gasteiger partial charge in [-0.25, -0.2) is 13.2 Å². The van der Waals surface area contributed by atoms with Crippen LogP contribution in [0.2, 0.25) is 0 Å². The molecule has 6 nitrogen and oxygen atoms in total. The van der Waals surface area contributed by atoms with Gasteiger partial charge < -0.3 is 13.9 Å². The van der Waals surface area contributed by atoms with Gasteiger partial charge in [-0.05, 0) is 18.6 Å². The zero-order valence-corrected chi connectivity index (χ0v) is 12.6. The first-order chi connectivity index (χ1) is 9.90. The molecule has 0 fully saturated rings. The number of esters is 1. The first-order valence-corrected chi connectivity index (χ1v) is 8.38. The maximum atomic E-state index is 11.4. The fraction of sp³-hybridized carbons (Fsp3) is 0.357. The van der Waals surface area contributed by atoms with Crippen molar-refractivity contribution in [2.24, 2.45) is 0 Å². The topological polar surface area (TPSA) is 82.8 Å². The number of hydrogen-bond acceptors (Lipinski definition) is 6. The molecule has 7 heteroatoms. The Morgan fingerprint density at radius 3 is 2.76 bits per heavy atom. The molecule has 1 aromatic carbocycles. The molecule has 0 aliphatic carbocycles. The molecule has 2 rings (SSSR count). The summed E-state index contributed by atoms with van der Waals surface area (Å²) in [6.07, 6.45) is 1.59. The molecule has 1 aromatic heterocycles. The number of carbonyl (C=O) groups excluding carboxylic acids is 1. The van der Waals surface area contributed by atoms with Crippen molar-refractivity contribution in [2.45, 2.75) is 6.42 Å². The summed E-state index contributed by atoms with van der Waals surface area (Å²) < 4.78 is 37.6. The van der Waals surface area contributed by atoms with E-state index in [1.54, 1.807) is 24.3 Å². The molecule has 0 bridgehead atoms. The highest BCUT2D eigenvalue weighted by Gasteiger charge is 2.15. The predicted octanol–water partition coefficient (Wildman–Crippen LogP) is 2.03. The Morgan fingerprint density at radius 2 is 2.10 bits per heavy atom. The molecular weight excluding hydrogens is 296 g/mol. The van der Waals surface area contributed by atoms with E-state index in [1.165, 1.54) is 13.4 Å². The second kappa shape index (κ2) is 6.17. The lowest BCUT2D eigenvalue weighted by Crippen LogP contribution is -2.08. The molecule has 114 valence electrons. The van der Waals surface area contributed by atoms with Gasteiger partial charge in [0.05, 0.1) is 24.9 Å². The van der Waals surface area contributed by atoms with E-state index < -0.39 is 15.8 Å². The molecule has 0 radical (unpaired) electrons. The Hall–Kier alpha value is -2.02. The monoisotopic (exact) mass is 312 g/mol. The van der Waals surface area contributed by atoms with Crippen molar-refractivity contribution in [3.63, 3.8) is 0 Å². The average Bonchev–Trinajstić information content (AvgIpc) is 2.86. The molecular formula is C14H16O6S. The quantitative estimate of drug-likeness (QED) is 0.599. The van der Waals surface area contributed by atoms with E-state index in [2.05, 4.69) is 4.74 Å². The maximum Gasteiger partial charge on any atom is 0.373 e. The summed E-state index contributed by atoms with van der Waals surface area (Å²) in [7, 11) is -1.72. The molecule has 0 N–H and O–H groups in total. The number of rotatable bonds is 6. The fourth-order valence-electron chi connectivity index (χ4n) is 1.86. The number of ether oxygens (including phenoxy) is 2. The van der Waals surface area contributed by atoms with Crippen molar-refractivity contribution in [1.29, 1.82) is 0 Å². The molecule has 0 atom stereocenters. The smallest absolute Gasteiger partial charge is 0.373 e. The van der Waals surface area contributed by atoms with Crippen LogP contribution in [0, 0.1) is 0 Å². The van der Waals surface area contributed by atoms with Crippen molar-refractivity contribution in [1.82, 2.24) is 0 Å². The van der Waals surface area contributed by atoms with Crippen molar-refractivity contribution in [3.8, 4) is 5.75 Å². The summed E-state index contributed by atoms with van der Waals surface area (Å²) in [5, 5.41) is 0.650. The van der Waals surface area contributed by atoms with E-state index in [0.717, 1.165) is 0 Å². The van der Waals surface area contributed by atoms with Crippen molar-refractivity contribution < 1.29 is 27.1 Å². The lowest BCUT2D eigenvalue weighted by Gasteiger charge is -2.06. The average molecular weight is 312 g/mol. The van der Waals surface area contributed by atoms with Gasteiger partial charge in [-0.3, -0.25) is 0 Å². The summed E-state index contributed by atoms with van der Waals surface area (Å²) in [5.41, 5.74) is 0.510. The molecule has 0 saturated heterocycles. The van der Waals surface area contributed by atoms with E-state index in [9.17, 15) is 13.2 Å². The fourth-order valence-corrected chi connectivity index (χ4v) is 2.51. The van der Waals surface area contributed by atoms with Gasteiger partial charge >= 0.3 is 5.97 Å². The second-order valence-electron chi connectivity index (χ2n) is 4.60. The summed E-state index contributed by atoms with van der Waals surface area (Å²) >= 11 is 0. The molecule has 0 saturated carbocycles. The van der Waals surface area contributed by atoms with E-state index in [0.29, 0.717) is 23.1 Å². The minimum Gasteiger partial charge on any atom is -0.493 e. The van der Waals surface area contributed by atoms with Crippen LogP contribution in [-0.2, 0) is 14.6 Å². The SMILES string of the molecule is COC(=O)c1cc2c(OCCCS(C)(=O)=O)cccc2o1. The van der Waals surface area contributed by atoms with E-state index >= 15 is 0 Å². The van der Waals surface area contributed by atoms with Crippen molar-refractivity contribution in [2.75, 3.05) is 25.7 Å². The summed E-state index contributed by atoms with van der Waals surface area (Å²) in [6.45, 7) is 0.269. The third kappa shape index (κ3) is 3.98. The van der Waals surface area contributed by atoms with Gasteiger partial charge in [0.15, 0.2) is 0 Å². The van der Waals surface area contributed by atoms with Crippen LogP contribution in [-0.4, -0.2) is 40.1 Å². The lowest BCUT2D eigenvalue weighted by atomic mass is 10.2. The maximum absolute atomic E-state index is 11.4. The number of furan rings is 1. The van der Waals surface area contributed by atoms with Crippen LogP contribution in [0.3, 0.4) is 0 Å². The van der Waals surface area contributed by atoms with Gasteiger partial charge in [-0.1, -0.05) is 6.07 Å². The second-order valence-corrected chi connectivity index (χ2v) is 6.86. The normalized spacial score (nSPS) is 11.5. The number of fused-ring (bicyclic) bond motifs is 1. The Kier molecular flexibility index (Phi) is 4.52. The van der Waals surface area contributed by atoms with Crippen LogP contribution in [0.15, 0.2) is 28.7 Å². The minimum absolute atomic E-state index is 0.0712. The van der Waals surface area contributed by atoms with Gasteiger partial charge in [0.25, 0.3) is 0 Å². The minimum atomic E-state index is -2.99. The van der Waals surface area contributed by atoms with Crippen LogP contribution in [0.4, 0.5) is 0 Å². The summed E-state index contributed by atoms with van der Waals surface area (Å²) in [6, 6.07) is 6.73. The number of sulfone groups is 1. The molecule has 0 aliphatic heterocycles. The molecule has 2 aromatic rings. The van der Waals surface area contributed by atoms with Gasteiger partial charge in [0.2, 0.25) is 5.76 Å². The Labute approximate surface area is 122 Å². The van der Waals surface area contributed by atoms with Gasteiger partial charge in [-0.15, -0.1) is 0 Å². The molecule has 0 spiro atoms. The number of carbonyl (C=O) groups is 1. The van der Waals surface area contributed by atoms with Gasteiger partial charge in [0, 0.05) is 12.3 Å². The van der Waals surface area contributed by atoms with Crippen molar-refractivity contribution in [3.05, 3.63) is 30.0 Å². The molecule has 0 unspecified atom stereocenters. The molecule has 21 heavy (non-hydrogen) atoms. The summed E-state index contributed by atoms with van der Waals surface area (Å²) in [5.74, 6) is 0.149. The standard InChI is InChI=1S/C14H16O6S/c1-18-14(15)13-9-10-11(5-3-6-12(10)20-13)19-7-4-8-21(2,16)17/h3,5-6,9H,4,7-8H2,1-2H3. The van der Waals surface area contributed by atoms with Crippen LogP contribution in [0.25, 0.3) is 11.0 Å². The number of methoxy groups -OCH3 is 1. The van der Waals surface area contributed by atoms with Crippen LogP contribution >= 0.6 is 0 Å². The third-order valence-corrected chi connectivity index (χ3v) is 3.86. The summed E-state index contributed by atoms with van der Waals surface area (Å²) in [4.78, 5) is 11.4. The zero-order valence-electron chi connectivity index (χ0n) is 11.8. The highest BCUT2D eigenvalue weighted by Crippen LogP contribution is 2.29.